The number of anilines is 1. The Morgan fingerprint density at radius 1 is 1.03 bits per heavy atom. The first-order chi connectivity index (χ1) is 13.9. The van der Waals surface area contributed by atoms with Crippen LogP contribution in [0.4, 0.5) is 5.69 Å². The van der Waals surface area contributed by atoms with Gasteiger partial charge in [-0.05, 0) is 56.4 Å². The van der Waals surface area contributed by atoms with Crippen LogP contribution in [-0.2, 0) is 14.8 Å². The highest BCUT2D eigenvalue weighted by atomic mass is 32.2. The van der Waals surface area contributed by atoms with Gasteiger partial charge in [-0.3, -0.25) is 9.59 Å². The molecule has 1 heterocycles. The molecule has 2 fully saturated rings. The smallest absolute Gasteiger partial charge is 0.251 e. The van der Waals surface area contributed by atoms with E-state index in [2.05, 4.69) is 10.6 Å². The van der Waals surface area contributed by atoms with Crippen molar-refractivity contribution in [2.24, 2.45) is 0 Å². The molecule has 0 radical (unpaired) electrons. The number of sulfonamides is 1. The molecule has 160 valence electrons. The summed E-state index contributed by atoms with van der Waals surface area (Å²) in [5, 5.41) is 5.86. The second-order valence-corrected chi connectivity index (χ2v) is 10.0. The zero-order valence-electron chi connectivity index (χ0n) is 17.0. The van der Waals surface area contributed by atoms with Gasteiger partial charge in [0.15, 0.2) is 0 Å². The van der Waals surface area contributed by atoms with Crippen molar-refractivity contribution >= 4 is 27.5 Å². The minimum atomic E-state index is -3.43. The Labute approximate surface area is 173 Å². The van der Waals surface area contributed by atoms with E-state index in [-0.39, 0.29) is 23.6 Å². The van der Waals surface area contributed by atoms with Crippen molar-refractivity contribution in [1.82, 2.24) is 9.62 Å². The molecule has 7 nitrogen and oxygen atoms in total. The molecule has 1 aromatic rings. The molecule has 0 spiro atoms. The molecule has 0 bridgehead atoms. The van der Waals surface area contributed by atoms with Crippen molar-refractivity contribution in [2.75, 3.05) is 17.6 Å². The summed E-state index contributed by atoms with van der Waals surface area (Å²) >= 11 is 0. The van der Waals surface area contributed by atoms with Crippen LogP contribution in [0.3, 0.4) is 0 Å². The predicted molar refractivity (Wildman–Crippen MR) is 113 cm³/mol. The zero-order valence-corrected chi connectivity index (χ0v) is 17.8. The van der Waals surface area contributed by atoms with Crippen LogP contribution < -0.4 is 10.6 Å². The van der Waals surface area contributed by atoms with Gasteiger partial charge < -0.3 is 10.6 Å². The quantitative estimate of drug-likeness (QED) is 0.708. The van der Waals surface area contributed by atoms with Crippen LogP contribution in [0.5, 0.6) is 0 Å². The van der Waals surface area contributed by atoms with Crippen molar-refractivity contribution in [3.05, 3.63) is 29.8 Å². The third-order valence-electron chi connectivity index (χ3n) is 5.68. The second kappa shape index (κ2) is 9.71. The van der Waals surface area contributed by atoms with Gasteiger partial charge in [0.1, 0.15) is 6.04 Å². The second-order valence-electron chi connectivity index (χ2n) is 7.96. The van der Waals surface area contributed by atoms with E-state index in [9.17, 15) is 18.0 Å². The van der Waals surface area contributed by atoms with Crippen LogP contribution in [0, 0.1) is 0 Å². The maximum atomic E-state index is 12.8. The molecule has 1 aliphatic carbocycles. The molecule has 1 saturated heterocycles. The molecule has 2 N–H and O–H groups in total. The number of piperidine rings is 1. The Balaban J connectivity index is 1.62. The number of carbonyl (C=O) groups excluding carboxylic acids is 2. The van der Waals surface area contributed by atoms with E-state index >= 15 is 0 Å². The van der Waals surface area contributed by atoms with Gasteiger partial charge in [-0.1, -0.05) is 26.2 Å². The maximum absolute atomic E-state index is 12.8. The fourth-order valence-electron chi connectivity index (χ4n) is 4.14. The number of carbonyl (C=O) groups is 2. The first-order valence-corrected chi connectivity index (χ1v) is 12.2. The topological polar surface area (TPSA) is 95.6 Å². The molecular weight excluding hydrogens is 390 g/mol. The summed E-state index contributed by atoms with van der Waals surface area (Å²) in [5.74, 6) is -0.354. The number of rotatable bonds is 7. The molecule has 1 aliphatic heterocycles. The number of benzene rings is 1. The van der Waals surface area contributed by atoms with Gasteiger partial charge in [-0.2, -0.15) is 4.31 Å². The van der Waals surface area contributed by atoms with Crippen LogP contribution in [-0.4, -0.2) is 48.9 Å². The fourth-order valence-corrected chi connectivity index (χ4v) is 5.89. The van der Waals surface area contributed by atoms with Crippen molar-refractivity contribution in [1.29, 1.82) is 0 Å². The van der Waals surface area contributed by atoms with E-state index in [0.29, 0.717) is 30.6 Å². The Morgan fingerprint density at radius 2 is 1.69 bits per heavy atom. The Kier molecular flexibility index (Phi) is 7.29. The van der Waals surface area contributed by atoms with E-state index in [1.54, 1.807) is 24.3 Å². The molecule has 2 aliphatic rings. The van der Waals surface area contributed by atoms with E-state index in [1.165, 1.54) is 4.31 Å². The van der Waals surface area contributed by atoms with Gasteiger partial charge in [0.25, 0.3) is 5.91 Å². The molecule has 1 saturated carbocycles. The molecule has 1 unspecified atom stereocenters. The SMILES string of the molecule is CCCS(=O)(=O)N1CCCCC1C(=O)Nc1ccc(C(=O)NC2CCCC2)cc1. The monoisotopic (exact) mass is 421 g/mol. The molecule has 1 atom stereocenters. The molecular formula is C21H31N3O4S. The number of amides is 2. The standard InChI is InChI=1S/C21H31N3O4S/c1-2-15-29(27,28)24-14-6-5-9-19(24)21(26)23-18-12-10-16(11-13-18)20(25)22-17-7-3-4-8-17/h10-13,17,19H,2-9,14-15H2,1H3,(H,22,25)(H,23,26). The van der Waals surface area contributed by atoms with Crippen molar-refractivity contribution in [3.63, 3.8) is 0 Å². The van der Waals surface area contributed by atoms with Crippen LogP contribution in [0.1, 0.15) is 68.6 Å². The van der Waals surface area contributed by atoms with E-state index < -0.39 is 16.1 Å². The van der Waals surface area contributed by atoms with Crippen LogP contribution in [0.25, 0.3) is 0 Å². The number of nitrogens with zero attached hydrogens (tertiary/aromatic N) is 1. The van der Waals surface area contributed by atoms with Gasteiger partial charge in [0.2, 0.25) is 15.9 Å². The predicted octanol–water partition coefficient (Wildman–Crippen LogP) is 2.89. The number of hydrogen-bond donors (Lipinski definition) is 2. The van der Waals surface area contributed by atoms with Gasteiger partial charge >= 0.3 is 0 Å². The molecule has 29 heavy (non-hydrogen) atoms. The lowest BCUT2D eigenvalue weighted by Gasteiger charge is -2.33. The summed E-state index contributed by atoms with van der Waals surface area (Å²) in [6.45, 7) is 2.21. The highest BCUT2D eigenvalue weighted by Crippen LogP contribution is 2.23. The highest BCUT2D eigenvalue weighted by molar-refractivity contribution is 7.89. The molecule has 8 heteroatoms. The third-order valence-corrected chi connectivity index (χ3v) is 7.76. The van der Waals surface area contributed by atoms with Gasteiger partial charge in [0, 0.05) is 23.8 Å². The fraction of sp³-hybridized carbons (Fsp3) is 0.619. The lowest BCUT2D eigenvalue weighted by atomic mass is 10.0. The summed E-state index contributed by atoms with van der Waals surface area (Å²) in [6.07, 6.45) is 7.02. The summed E-state index contributed by atoms with van der Waals surface area (Å²) in [7, 11) is -3.43. The van der Waals surface area contributed by atoms with Crippen molar-refractivity contribution in [3.8, 4) is 0 Å². The lowest BCUT2D eigenvalue weighted by molar-refractivity contribution is -0.120. The molecule has 1 aromatic carbocycles. The number of hydrogen-bond acceptors (Lipinski definition) is 4. The zero-order chi connectivity index (χ0) is 20.9. The van der Waals surface area contributed by atoms with Gasteiger partial charge in [-0.25, -0.2) is 8.42 Å². The first-order valence-electron chi connectivity index (χ1n) is 10.6. The van der Waals surface area contributed by atoms with E-state index in [4.69, 9.17) is 0 Å². The van der Waals surface area contributed by atoms with Gasteiger partial charge in [0.05, 0.1) is 5.75 Å². The van der Waals surface area contributed by atoms with E-state index in [1.807, 2.05) is 6.92 Å². The van der Waals surface area contributed by atoms with Crippen LogP contribution in [0.15, 0.2) is 24.3 Å². The molecule has 0 aromatic heterocycles. The Bertz CT molecular complexity index is 817. The minimum absolute atomic E-state index is 0.0571. The molecule has 3 rings (SSSR count). The lowest BCUT2D eigenvalue weighted by Crippen LogP contribution is -2.50. The first kappa shape index (κ1) is 21.8. The Morgan fingerprint density at radius 3 is 2.34 bits per heavy atom. The summed E-state index contributed by atoms with van der Waals surface area (Å²) < 4.78 is 26.4. The number of nitrogens with one attached hydrogen (secondary N) is 2. The normalized spacial score (nSPS) is 21.1. The largest absolute Gasteiger partial charge is 0.349 e. The Hall–Kier alpha value is -1.93. The average molecular weight is 422 g/mol. The maximum Gasteiger partial charge on any atom is 0.251 e. The molecule has 2 amide bonds. The highest BCUT2D eigenvalue weighted by Gasteiger charge is 2.36. The van der Waals surface area contributed by atoms with Crippen molar-refractivity contribution < 1.29 is 18.0 Å². The van der Waals surface area contributed by atoms with E-state index in [0.717, 1.165) is 38.5 Å². The summed E-state index contributed by atoms with van der Waals surface area (Å²) in [4.78, 5) is 25.1. The van der Waals surface area contributed by atoms with Gasteiger partial charge in [-0.15, -0.1) is 0 Å². The minimum Gasteiger partial charge on any atom is -0.349 e. The van der Waals surface area contributed by atoms with Crippen LogP contribution >= 0.6 is 0 Å². The average Bonchev–Trinajstić information content (AvgIpc) is 3.21. The van der Waals surface area contributed by atoms with Crippen molar-refractivity contribution in [2.45, 2.75) is 70.4 Å². The summed E-state index contributed by atoms with van der Waals surface area (Å²) in [6, 6.07) is 6.33. The van der Waals surface area contributed by atoms with Crippen LogP contribution in [0.2, 0.25) is 0 Å². The summed E-state index contributed by atoms with van der Waals surface area (Å²) in [5.41, 5.74) is 1.12. The third kappa shape index (κ3) is 5.57.